The predicted octanol–water partition coefficient (Wildman–Crippen LogP) is 4.70. The monoisotopic (exact) mass is 574 g/mol. The number of benzene rings is 3. The molecular weight excluding hydrogens is 548 g/mol. The third kappa shape index (κ3) is 7.45. The number of nitro benzene ring substituents is 1. The van der Waals surface area contributed by atoms with Gasteiger partial charge in [0, 0.05) is 16.7 Å². The number of carbonyl (C=O) groups excluding carboxylic acids is 1. The molecule has 0 spiro atoms. The molecule has 0 radical (unpaired) electrons. The molecule has 3 aromatic rings. The molecule has 3 aromatic carbocycles. The summed E-state index contributed by atoms with van der Waals surface area (Å²) in [5.74, 6) is 0.0401. The molecular formula is C26H27ClN4O7S. The van der Waals surface area contributed by atoms with Gasteiger partial charge in [-0.1, -0.05) is 24.6 Å². The van der Waals surface area contributed by atoms with Crippen molar-refractivity contribution in [3.8, 4) is 11.5 Å². The van der Waals surface area contributed by atoms with Crippen LogP contribution in [-0.4, -0.2) is 45.7 Å². The number of hydrogen-bond acceptors (Lipinski definition) is 8. The third-order valence-corrected chi connectivity index (χ3v) is 7.41. The summed E-state index contributed by atoms with van der Waals surface area (Å²) in [5.41, 5.74) is 2.85. The smallest absolute Gasteiger partial charge is 0.273 e. The summed E-state index contributed by atoms with van der Waals surface area (Å²) in [4.78, 5) is 23.2. The second-order valence-corrected chi connectivity index (χ2v) is 10.5. The lowest BCUT2D eigenvalue weighted by molar-refractivity contribution is -0.385. The van der Waals surface area contributed by atoms with Gasteiger partial charge in [-0.15, -0.1) is 0 Å². The topological polar surface area (TPSA) is 140 Å². The van der Waals surface area contributed by atoms with E-state index >= 15 is 0 Å². The number of aryl methyl sites for hydroxylation is 1. The quantitative estimate of drug-likeness (QED) is 0.188. The largest absolute Gasteiger partial charge is 0.495 e. The highest BCUT2D eigenvalue weighted by Gasteiger charge is 2.31. The van der Waals surface area contributed by atoms with Crippen molar-refractivity contribution in [2.75, 3.05) is 24.6 Å². The summed E-state index contributed by atoms with van der Waals surface area (Å²) >= 11 is 6.13. The zero-order chi connectivity index (χ0) is 28.6. The first-order valence-corrected chi connectivity index (χ1v) is 13.5. The number of hydrazone groups is 1. The number of hydrogen-bond donors (Lipinski definition) is 1. The number of sulfonamides is 1. The molecule has 0 saturated carbocycles. The standard InChI is InChI=1S/C26H27ClN4O7S/c1-4-13-38-21-9-6-19(7-10-21)16-28-29-26(32)17-30(24-14-20(27)8-12-25(24)37-3)39(35,36)22-11-5-18(2)23(15-22)31(33)34/h5-12,14-16H,4,13,17H2,1-3H3,(H,29,32)/b28-16+. The molecule has 0 aliphatic carbocycles. The van der Waals surface area contributed by atoms with E-state index in [2.05, 4.69) is 10.5 Å². The lowest BCUT2D eigenvalue weighted by Crippen LogP contribution is -2.39. The van der Waals surface area contributed by atoms with E-state index in [9.17, 15) is 23.3 Å². The van der Waals surface area contributed by atoms with Crippen LogP contribution in [0.4, 0.5) is 11.4 Å². The highest BCUT2D eigenvalue weighted by atomic mass is 35.5. The van der Waals surface area contributed by atoms with E-state index in [4.69, 9.17) is 21.1 Å². The molecule has 0 aromatic heterocycles. The number of methoxy groups -OCH3 is 1. The lowest BCUT2D eigenvalue weighted by Gasteiger charge is -2.25. The molecule has 0 unspecified atom stereocenters. The minimum Gasteiger partial charge on any atom is -0.495 e. The van der Waals surface area contributed by atoms with Crippen LogP contribution < -0.4 is 19.2 Å². The van der Waals surface area contributed by atoms with Crippen molar-refractivity contribution < 1.29 is 27.6 Å². The van der Waals surface area contributed by atoms with Crippen LogP contribution in [0.2, 0.25) is 5.02 Å². The minimum atomic E-state index is -4.50. The summed E-state index contributed by atoms with van der Waals surface area (Å²) in [7, 11) is -3.17. The van der Waals surface area contributed by atoms with Crippen molar-refractivity contribution in [1.29, 1.82) is 0 Å². The molecule has 13 heteroatoms. The molecule has 0 aliphatic heterocycles. The van der Waals surface area contributed by atoms with Crippen molar-refractivity contribution in [3.05, 3.63) is 86.9 Å². The zero-order valence-corrected chi connectivity index (χ0v) is 23.0. The molecule has 11 nitrogen and oxygen atoms in total. The second kappa shape index (κ2) is 13.1. The number of halogens is 1. The van der Waals surface area contributed by atoms with Crippen LogP contribution in [0.25, 0.3) is 0 Å². The fourth-order valence-corrected chi connectivity index (χ4v) is 5.06. The number of carbonyl (C=O) groups is 1. The van der Waals surface area contributed by atoms with Crippen LogP contribution in [0.5, 0.6) is 11.5 Å². The van der Waals surface area contributed by atoms with Gasteiger partial charge in [-0.05, 0) is 67.4 Å². The van der Waals surface area contributed by atoms with Gasteiger partial charge in [-0.2, -0.15) is 5.10 Å². The van der Waals surface area contributed by atoms with Crippen LogP contribution >= 0.6 is 11.6 Å². The first-order chi connectivity index (χ1) is 18.6. The van der Waals surface area contributed by atoms with E-state index in [-0.39, 0.29) is 32.6 Å². The molecule has 0 saturated heterocycles. The fourth-order valence-electron chi connectivity index (χ4n) is 3.45. The molecule has 206 valence electrons. The van der Waals surface area contributed by atoms with Gasteiger partial charge < -0.3 is 9.47 Å². The van der Waals surface area contributed by atoms with Gasteiger partial charge in [-0.3, -0.25) is 19.2 Å². The van der Waals surface area contributed by atoms with Gasteiger partial charge in [0.25, 0.3) is 21.6 Å². The van der Waals surface area contributed by atoms with E-state index in [1.165, 1.54) is 50.6 Å². The van der Waals surface area contributed by atoms with E-state index in [1.807, 2.05) is 6.92 Å². The van der Waals surface area contributed by atoms with Gasteiger partial charge in [-0.25, -0.2) is 13.8 Å². The normalized spacial score (nSPS) is 11.3. The third-order valence-electron chi connectivity index (χ3n) is 5.42. The Morgan fingerprint density at radius 3 is 2.51 bits per heavy atom. The van der Waals surface area contributed by atoms with Crippen molar-refractivity contribution >= 4 is 45.1 Å². The molecule has 39 heavy (non-hydrogen) atoms. The lowest BCUT2D eigenvalue weighted by atomic mass is 10.2. The van der Waals surface area contributed by atoms with E-state index in [0.29, 0.717) is 17.9 Å². The maximum Gasteiger partial charge on any atom is 0.273 e. The highest BCUT2D eigenvalue weighted by molar-refractivity contribution is 7.92. The average Bonchev–Trinajstić information content (AvgIpc) is 2.91. The van der Waals surface area contributed by atoms with Gasteiger partial charge in [0.05, 0.1) is 35.4 Å². The predicted molar refractivity (Wildman–Crippen MR) is 148 cm³/mol. The zero-order valence-electron chi connectivity index (χ0n) is 21.5. The summed E-state index contributed by atoms with van der Waals surface area (Å²) in [6.07, 6.45) is 2.27. The first-order valence-electron chi connectivity index (χ1n) is 11.7. The summed E-state index contributed by atoms with van der Waals surface area (Å²) in [6.45, 7) is 3.37. The summed E-state index contributed by atoms with van der Waals surface area (Å²) in [5, 5.41) is 15.5. The van der Waals surface area contributed by atoms with Crippen molar-refractivity contribution in [2.45, 2.75) is 25.2 Å². The van der Waals surface area contributed by atoms with E-state index in [0.717, 1.165) is 16.8 Å². The average molecular weight is 575 g/mol. The van der Waals surface area contributed by atoms with Gasteiger partial charge >= 0.3 is 0 Å². The molecule has 0 bridgehead atoms. The van der Waals surface area contributed by atoms with Crippen LogP contribution in [-0.2, 0) is 14.8 Å². The van der Waals surface area contributed by atoms with Crippen LogP contribution in [0, 0.1) is 17.0 Å². The maximum absolute atomic E-state index is 13.7. The fraction of sp³-hybridized carbons (Fsp3) is 0.231. The molecule has 0 aliphatic rings. The van der Waals surface area contributed by atoms with Gasteiger partial charge in [0.2, 0.25) is 0 Å². The second-order valence-electron chi connectivity index (χ2n) is 8.24. The number of nitro groups is 1. The maximum atomic E-state index is 13.7. The molecule has 1 N–H and O–H groups in total. The number of nitrogens with one attached hydrogen (secondary N) is 1. The number of amides is 1. The Bertz CT molecular complexity index is 1480. The number of rotatable bonds is 12. The summed E-state index contributed by atoms with van der Waals surface area (Å²) in [6, 6.07) is 14.8. The Morgan fingerprint density at radius 1 is 1.15 bits per heavy atom. The Kier molecular flexibility index (Phi) is 9.85. The summed E-state index contributed by atoms with van der Waals surface area (Å²) < 4.78 is 39.0. The van der Waals surface area contributed by atoms with Crippen LogP contribution in [0.1, 0.15) is 24.5 Å². The van der Waals surface area contributed by atoms with Crippen LogP contribution in [0.15, 0.2) is 70.7 Å². The molecule has 3 rings (SSSR count). The van der Waals surface area contributed by atoms with Gasteiger partial charge in [0.15, 0.2) is 0 Å². The van der Waals surface area contributed by atoms with Crippen LogP contribution in [0.3, 0.4) is 0 Å². The van der Waals surface area contributed by atoms with Crippen molar-refractivity contribution in [1.82, 2.24) is 5.43 Å². The molecule has 1 amide bonds. The van der Waals surface area contributed by atoms with Crippen molar-refractivity contribution in [2.24, 2.45) is 5.10 Å². The first kappa shape index (κ1) is 29.4. The molecule has 0 fully saturated rings. The number of ether oxygens (including phenoxy) is 2. The Labute approximate surface area is 231 Å². The Morgan fingerprint density at radius 2 is 1.87 bits per heavy atom. The van der Waals surface area contributed by atoms with E-state index < -0.39 is 27.4 Å². The van der Waals surface area contributed by atoms with Crippen molar-refractivity contribution in [3.63, 3.8) is 0 Å². The minimum absolute atomic E-state index is 0.0324. The van der Waals surface area contributed by atoms with Gasteiger partial charge in [0.1, 0.15) is 18.0 Å². The Hall–Kier alpha value is -4.16. The molecule has 0 atom stereocenters. The highest BCUT2D eigenvalue weighted by Crippen LogP contribution is 2.35. The Balaban J connectivity index is 1.90. The van der Waals surface area contributed by atoms with E-state index in [1.54, 1.807) is 24.3 Å². The number of nitrogens with zero attached hydrogens (tertiary/aromatic N) is 3. The SMILES string of the molecule is CCCOc1ccc(/C=N/NC(=O)CN(c2cc(Cl)ccc2OC)S(=O)(=O)c2ccc(C)c([N+](=O)[O-])c2)cc1. The number of anilines is 1. The molecule has 0 heterocycles.